The van der Waals surface area contributed by atoms with Crippen LogP contribution in [0.3, 0.4) is 0 Å². The van der Waals surface area contributed by atoms with E-state index in [-0.39, 0.29) is 5.11 Å². The topological polar surface area (TPSA) is 63.3 Å². The van der Waals surface area contributed by atoms with Gasteiger partial charge in [0.25, 0.3) is 0 Å². The highest BCUT2D eigenvalue weighted by Crippen LogP contribution is 1.98. The minimum atomic E-state index is 0.151. The van der Waals surface area contributed by atoms with Gasteiger partial charge < -0.3 is 5.73 Å². The van der Waals surface area contributed by atoms with Crippen LogP contribution >= 0.6 is 23.6 Å². The number of rotatable bonds is 2. The Hall–Kier alpha value is -1.01. The molecule has 0 atom stereocenters. The van der Waals surface area contributed by atoms with Crippen molar-refractivity contribution in [3.8, 4) is 0 Å². The summed E-state index contributed by atoms with van der Waals surface area (Å²) >= 11 is 6.02. The molecular formula is C5H6N4S2. The van der Waals surface area contributed by atoms with Gasteiger partial charge in [-0.25, -0.2) is 4.98 Å². The lowest BCUT2D eigenvalue weighted by atomic mass is 10.8. The van der Waals surface area contributed by atoms with E-state index in [1.165, 1.54) is 11.3 Å². The van der Waals surface area contributed by atoms with Gasteiger partial charge >= 0.3 is 0 Å². The molecule has 1 rings (SSSR count). The van der Waals surface area contributed by atoms with Crippen LogP contribution < -0.4 is 11.2 Å². The van der Waals surface area contributed by atoms with E-state index in [9.17, 15) is 0 Å². The number of nitrogens with two attached hydrogens (primary N) is 1. The molecule has 58 valence electrons. The molecule has 4 nitrogen and oxygen atoms in total. The van der Waals surface area contributed by atoms with Crippen molar-refractivity contribution < 1.29 is 0 Å². The Balaban J connectivity index is 2.43. The van der Waals surface area contributed by atoms with Gasteiger partial charge in [0.05, 0.1) is 6.21 Å². The van der Waals surface area contributed by atoms with Gasteiger partial charge in [-0.3, -0.25) is 5.43 Å². The lowest BCUT2D eigenvalue weighted by Crippen LogP contribution is -2.23. The first-order valence-corrected chi connectivity index (χ1v) is 4.06. The number of hydrazone groups is 1. The largest absolute Gasteiger partial charge is 0.375 e. The average Bonchev–Trinajstić information content (AvgIpc) is 2.39. The molecule has 3 N–H and O–H groups in total. The first-order valence-electron chi connectivity index (χ1n) is 2.77. The van der Waals surface area contributed by atoms with Crippen molar-refractivity contribution in [2.75, 3.05) is 0 Å². The van der Waals surface area contributed by atoms with Crippen molar-refractivity contribution in [2.24, 2.45) is 10.8 Å². The molecule has 0 amide bonds. The molecule has 0 unspecified atom stereocenters. The summed E-state index contributed by atoms with van der Waals surface area (Å²) in [5, 5.41) is 6.55. The molecule has 0 aromatic carbocycles. The van der Waals surface area contributed by atoms with Gasteiger partial charge in [0, 0.05) is 11.6 Å². The number of nitrogens with zero attached hydrogens (tertiary/aromatic N) is 2. The third-order valence-corrected chi connectivity index (χ3v) is 1.60. The van der Waals surface area contributed by atoms with Gasteiger partial charge in [-0.05, 0) is 12.2 Å². The second kappa shape index (κ2) is 3.99. The molecule has 11 heavy (non-hydrogen) atoms. The summed E-state index contributed by atoms with van der Waals surface area (Å²) in [4.78, 5) is 3.96. The quantitative estimate of drug-likeness (QED) is 0.396. The van der Waals surface area contributed by atoms with Gasteiger partial charge in [-0.2, -0.15) is 5.10 Å². The van der Waals surface area contributed by atoms with E-state index in [1.54, 1.807) is 12.4 Å². The molecule has 0 radical (unpaired) electrons. The predicted octanol–water partition coefficient (Wildman–Crippen LogP) is 0.310. The number of thiazole rings is 1. The average molecular weight is 186 g/mol. The summed E-state index contributed by atoms with van der Waals surface area (Å²) in [5.41, 5.74) is 7.55. The Labute approximate surface area is 73.1 Å². The first kappa shape index (κ1) is 8.09. The monoisotopic (exact) mass is 186 g/mol. The second-order valence-electron chi connectivity index (χ2n) is 1.60. The normalized spacial score (nSPS) is 10.2. The number of aromatic nitrogens is 1. The van der Waals surface area contributed by atoms with Gasteiger partial charge in [-0.15, -0.1) is 11.3 Å². The molecule has 0 saturated carbocycles. The molecular weight excluding hydrogens is 180 g/mol. The standard InChI is InChI=1S/C5H6N4S2/c6-5(10)9-8-3-4-7-1-2-11-4/h1-3H,(H3,6,9,10)/b8-3+. The van der Waals surface area contributed by atoms with E-state index < -0.39 is 0 Å². The van der Waals surface area contributed by atoms with Crippen molar-refractivity contribution in [3.05, 3.63) is 16.6 Å². The van der Waals surface area contributed by atoms with Gasteiger partial charge in [0.15, 0.2) is 5.11 Å². The minimum Gasteiger partial charge on any atom is -0.375 e. The maximum absolute atomic E-state index is 5.12. The van der Waals surface area contributed by atoms with Crippen LogP contribution in [0.1, 0.15) is 5.01 Å². The maximum Gasteiger partial charge on any atom is 0.184 e. The first-order chi connectivity index (χ1) is 5.29. The summed E-state index contributed by atoms with van der Waals surface area (Å²) in [6.45, 7) is 0. The van der Waals surface area contributed by atoms with Crippen LogP contribution in [0.15, 0.2) is 16.7 Å². The molecule has 1 aromatic heterocycles. The lowest BCUT2D eigenvalue weighted by Gasteiger charge is -1.90. The fraction of sp³-hybridized carbons (Fsp3) is 0. The fourth-order valence-corrected chi connectivity index (χ4v) is 0.998. The molecule has 6 heteroatoms. The highest BCUT2D eigenvalue weighted by Gasteiger charge is 1.86. The molecule has 0 aliphatic rings. The number of nitrogens with one attached hydrogen (secondary N) is 1. The molecule has 1 heterocycles. The Morgan fingerprint density at radius 3 is 3.27 bits per heavy atom. The van der Waals surface area contributed by atoms with Crippen molar-refractivity contribution in [3.63, 3.8) is 0 Å². The van der Waals surface area contributed by atoms with Crippen molar-refractivity contribution >= 4 is 34.9 Å². The third-order valence-electron chi connectivity index (χ3n) is 0.801. The molecule has 1 aromatic rings. The van der Waals surface area contributed by atoms with E-state index in [0.29, 0.717) is 0 Å². The number of thiocarbonyl (C=S) groups is 1. The van der Waals surface area contributed by atoms with Gasteiger partial charge in [0.1, 0.15) is 5.01 Å². The lowest BCUT2D eigenvalue weighted by molar-refractivity contribution is 1.04. The minimum absolute atomic E-state index is 0.151. The summed E-state index contributed by atoms with van der Waals surface area (Å²) in [5.74, 6) is 0. The summed E-state index contributed by atoms with van der Waals surface area (Å²) < 4.78 is 0. The van der Waals surface area contributed by atoms with Crippen LogP contribution in [0, 0.1) is 0 Å². The Morgan fingerprint density at radius 2 is 2.73 bits per heavy atom. The molecule has 0 bridgehead atoms. The van der Waals surface area contributed by atoms with Gasteiger partial charge in [0.2, 0.25) is 0 Å². The summed E-state index contributed by atoms with van der Waals surface area (Å²) in [6.07, 6.45) is 3.26. The SMILES string of the molecule is NC(=S)N/N=C/c1nccs1. The smallest absolute Gasteiger partial charge is 0.184 e. The van der Waals surface area contributed by atoms with Crippen molar-refractivity contribution in [1.82, 2.24) is 10.4 Å². The highest BCUT2D eigenvalue weighted by molar-refractivity contribution is 7.80. The van der Waals surface area contributed by atoms with Crippen LogP contribution in [-0.4, -0.2) is 16.3 Å². The van der Waals surface area contributed by atoms with Crippen molar-refractivity contribution in [1.29, 1.82) is 0 Å². The Morgan fingerprint density at radius 1 is 1.91 bits per heavy atom. The fourth-order valence-electron chi connectivity index (χ4n) is 0.449. The molecule has 0 aliphatic heterocycles. The predicted molar refractivity (Wildman–Crippen MR) is 49.6 cm³/mol. The van der Waals surface area contributed by atoms with Crippen molar-refractivity contribution in [2.45, 2.75) is 0 Å². The second-order valence-corrected chi connectivity index (χ2v) is 2.97. The zero-order valence-electron chi connectivity index (χ0n) is 5.52. The van der Waals surface area contributed by atoms with E-state index in [4.69, 9.17) is 5.73 Å². The molecule has 0 spiro atoms. The molecule has 0 saturated heterocycles. The van der Waals surface area contributed by atoms with E-state index in [0.717, 1.165) is 5.01 Å². The van der Waals surface area contributed by atoms with E-state index in [2.05, 4.69) is 27.7 Å². The van der Waals surface area contributed by atoms with Crippen LogP contribution in [0.25, 0.3) is 0 Å². The van der Waals surface area contributed by atoms with E-state index >= 15 is 0 Å². The third kappa shape index (κ3) is 3.06. The Kier molecular flexibility index (Phi) is 2.94. The number of hydrogen-bond donors (Lipinski definition) is 2. The zero-order chi connectivity index (χ0) is 8.10. The summed E-state index contributed by atoms with van der Waals surface area (Å²) in [6, 6.07) is 0. The van der Waals surface area contributed by atoms with Crippen LogP contribution in [0.4, 0.5) is 0 Å². The maximum atomic E-state index is 5.12. The number of hydrogen-bond acceptors (Lipinski definition) is 4. The van der Waals surface area contributed by atoms with E-state index in [1.807, 2.05) is 5.38 Å². The Bertz CT molecular complexity index is 253. The highest BCUT2D eigenvalue weighted by atomic mass is 32.1. The van der Waals surface area contributed by atoms with Crippen LogP contribution in [0.5, 0.6) is 0 Å². The van der Waals surface area contributed by atoms with Crippen LogP contribution in [0.2, 0.25) is 0 Å². The zero-order valence-corrected chi connectivity index (χ0v) is 7.15. The molecule has 0 aliphatic carbocycles. The van der Waals surface area contributed by atoms with Gasteiger partial charge in [-0.1, -0.05) is 0 Å². The molecule has 0 fully saturated rings. The summed E-state index contributed by atoms with van der Waals surface area (Å²) in [7, 11) is 0. The van der Waals surface area contributed by atoms with Crippen LogP contribution in [-0.2, 0) is 0 Å².